The Kier molecular flexibility index (Phi) is 5.46. The minimum absolute atomic E-state index is 0.0983. The Hall–Kier alpha value is -2.69. The Bertz CT molecular complexity index is 666. The van der Waals surface area contributed by atoms with Crippen molar-refractivity contribution in [1.82, 2.24) is 4.98 Å². The van der Waals surface area contributed by atoms with Gasteiger partial charge in [0.15, 0.2) is 0 Å². The van der Waals surface area contributed by atoms with Crippen LogP contribution in [0.3, 0.4) is 0 Å². The van der Waals surface area contributed by atoms with E-state index in [2.05, 4.69) is 15.0 Å². The summed E-state index contributed by atoms with van der Waals surface area (Å²) in [5.74, 6) is -0.706. The van der Waals surface area contributed by atoms with E-state index in [1.807, 2.05) is 44.2 Å². The Morgan fingerprint density at radius 3 is 2.30 bits per heavy atom. The summed E-state index contributed by atoms with van der Waals surface area (Å²) < 4.78 is 4.60. The molecule has 120 valence electrons. The normalized spacial score (nSPS) is 11.8. The zero-order chi connectivity index (χ0) is 16.8. The molecule has 0 unspecified atom stereocenters. The number of anilines is 1. The third-order valence-corrected chi connectivity index (χ3v) is 3.53. The molecule has 5 nitrogen and oxygen atoms in total. The number of amides is 1. The predicted molar refractivity (Wildman–Crippen MR) is 88.2 cm³/mol. The molecule has 1 aromatic carbocycles. The van der Waals surface area contributed by atoms with Gasteiger partial charge >= 0.3 is 5.97 Å². The van der Waals surface area contributed by atoms with Crippen LogP contribution >= 0.6 is 0 Å². The molecule has 5 heteroatoms. The number of benzene rings is 1. The molecule has 0 aliphatic rings. The molecule has 0 saturated carbocycles. The van der Waals surface area contributed by atoms with Crippen LogP contribution in [0.1, 0.15) is 35.8 Å². The summed E-state index contributed by atoms with van der Waals surface area (Å²) in [6.07, 6.45) is 1.45. The van der Waals surface area contributed by atoms with E-state index in [0.717, 1.165) is 5.56 Å². The Morgan fingerprint density at radius 2 is 1.78 bits per heavy atom. The highest BCUT2D eigenvalue weighted by atomic mass is 16.5. The summed E-state index contributed by atoms with van der Waals surface area (Å²) in [6.45, 7) is 4.02. The number of nitrogens with zero attached hydrogens (tertiary/aromatic N) is 1. The zero-order valence-corrected chi connectivity index (χ0v) is 13.4. The van der Waals surface area contributed by atoms with Crippen molar-refractivity contribution in [3.8, 4) is 0 Å². The smallest absolute Gasteiger partial charge is 0.356 e. The van der Waals surface area contributed by atoms with Crippen molar-refractivity contribution in [3.05, 3.63) is 59.9 Å². The molecular formula is C18H20N2O3. The Morgan fingerprint density at radius 1 is 1.09 bits per heavy atom. The SMILES string of the molecule is COC(=O)c1ccc(NC(=O)[C@@H](c2ccccc2)C(C)C)cn1. The standard InChI is InChI=1S/C18H20N2O3/c1-12(2)16(13-7-5-4-6-8-13)17(21)20-14-9-10-15(19-11-14)18(22)23-3/h4-12,16H,1-3H3,(H,20,21)/t16-/m1/s1. The van der Waals surface area contributed by atoms with E-state index in [1.54, 1.807) is 6.07 Å². The molecule has 0 bridgehead atoms. The van der Waals surface area contributed by atoms with E-state index in [-0.39, 0.29) is 23.4 Å². The summed E-state index contributed by atoms with van der Waals surface area (Å²) in [7, 11) is 1.30. The topological polar surface area (TPSA) is 68.3 Å². The van der Waals surface area contributed by atoms with E-state index in [9.17, 15) is 9.59 Å². The lowest BCUT2D eigenvalue weighted by molar-refractivity contribution is -0.118. The summed E-state index contributed by atoms with van der Waals surface area (Å²) >= 11 is 0. The average molecular weight is 312 g/mol. The molecule has 0 radical (unpaired) electrons. The average Bonchev–Trinajstić information content (AvgIpc) is 2.55. The second-order valence-corrected chi connectivity index (χ2v) is 5.55. The first-order valence-electron chi connectivity index (χ1n) is 7.43. The van der Waals surface area contributed by atoms with Gasteiger partial charge in [0.1, 0.15) is 5.69 Å². The fourth-order valence-corrected chi connectivity index (χ4v) is 2.41. The molecule has 0 saturated heterocycles. The molecule has 1 amide bonds. The number of hydrogen-bond acceptors (Lipinski definition) is 4. The van der Waals surface area contributed by atoms with Crippen molar-refractivity contribution >= 4 is 17.6 Å². The summed E-state index contributed by atoms with van der Waals surface area (Å²) in [6, 6.07) is 12.8. The number of pyridine rings is 1. The van der Waals surface area contributed by atoms with Crippen LogP contribution in [0.2, 0.25) is 0 Å². The maximum Gasteiger partial charge on any atom is 0.356 e. The van der Waals surface area contributed by atoms with Gasteiger partial charge in [0.05, 0.1) is 24.9 Å². The Balaban J connectivity index is 2.14. The van der Waals surface area contributed by atoms with Crippen LogP contribution in [0.25, 0.3) is 0 Å². The zero-order valence-electron chi connectivity index (χ0n) is 13.4. The third-order valence-electron chi connectivity index (χ3n) is 3.53. The van der Waals surface area contributed by atoms with E-state index >= 15 is 0 Å². The monoisotopic (exact) mass is 312 g/mol. The van der Waals surface area contributed by atoms with Gasteiger partial charge < -0.3 is 10.1 Å². The Labute approximate surface area is 135 Å². The van der Waals surface area contributed by atoms with Crippen molar-refractivity contribution in [2.45, 2.75) is 19.8 Å². The fraction of sp³-hybridized carbons (Fsp3) is 0.278. The number of esters is 1. The van der Waals surface area contributed by atoms with Crippen LogP contribution in [0.4, 0.5) is 5.69 Å². The van der Waals surface area contributed by atoms with Crippen LogP contribution in [0.15, 0.2) is 48.7 Å². The van der Waals surface area contributed by atoms with Crippen molar-refractivity contribution in [1.29, 1.82) is 0 Å². The van der Waals surface area contributed by atoms with Crippen molar-refractivity contribution in [2.75, 3.05) is 12.4 Å². The van der Waals surface area contributed by atoms with Crippen molar-refractivity contribution in [3.63, 3.8) is 0 Å². The van der Waals surface area contributed by atoms with Gasteiger partial charge in [0, 0.05) is 0 Å². The summed E-state index contributed by atoms with van der Waals surface area (Å²) in [5, 5.41) is 2.85. The highest BCUT2D eigenvalue weighted by Crippen LogP contribution is 2.26. The summed E-state index contributed by atoms with van der Waals surface area (Å²) in [4.78, 5) is 27.9. The second kappa shape index (κ2) is 7.54. The molecule has 1 heterocycles. The lowest BCUT2D eigenvalue weighted by Gasteiger charge is -2.20. The number of hydrogen-bond donors (Lipinski definition) is 1. The largest absolute Gasteiger partial charge is 0.464 e. The molecule has 0 aliphatic heterocycles. The molecule has 23 heavy (non-hydrogen) atoms. The van der Waals surface area contributed by atoms with Crippen LogP contribution in [0, 0.1) is 5.92 Å². The van der Waals surface area contributed by atoms with Gasteiger partial charge in [0.25, 0.3) is 0 Å². The second-order valence-electron chi connectivity index (χ2n) is 5.55. The number of carbonyl (C=O) groups is 2. The minimum atomic E-state index is -0.507. The first-order chi connectivity index (χ1) is 11.0. The van der Waals surface area contributed by atoms with E-state index in [1.165, 1.54) is 19.4 Å². The first-order valence-corrected chi connectivity index (χ1v) is 7.43. The molecule has 1 aromatic heterocycles. The molecule has 1 N–H and O–H groups in total. The molecule has 1 atom stereocenters. The molecule has 0 aliphatic carbocycles. The highest BCUT2D eigenvalue weighted by Gasteiger charge is 2.24. The number of aromatic nitrogens is 1. The van der Waals surface area contributed by atoms with Gasteiger partial charge in [0.2, 0.25) is 5.91 Å². The molecule has 2 rings (SSSR count). The first kappa shape index (κ1) is 16.7. The predicted octanol–water partition coefficient (Wildman–Crippen LogP) is 3.25. The van der Waals surface area contributed by atoms with Gasteiger partial charge in [-0.2, -0.15) is 0 Å². The summed E-state index contributed by atoms with van der Waals surface area (Å²) in [5.41, 5.74) is 1.72. The van der Waals surface area contributed by atoms with Crippen LogP contribution < -0.4 is 5.32 Å². The number of methoxy groups -OCH3 is 1. The number of ether oxygens (including phenoxy) is 1. The van der Waals surface area contributed by atoms with E-state index in [0.29, 0.717) is 5.69 Å². The van der Waals surface area contributed by atoms with Crippen LogP contribution in [0.5, 0.6) is 0 Å². The molecule has 0 spiro atoms. The maximum atomic E-state index is 12.6. The van der Waals surface area contributed by atoms with Crippen LogP contribution in [-0.4, -0.2) is 24.0 Å². The maximum absolute atomic E-state index is 12.6. The van der Waals surface area contributed by atoms with Gasteiger partial charge in [-0.1, -0.05) is 44.2 Å². The number of rotatable bonds is 5. The van der Waals surface area contributed by atoms with Crippen molar-refractivity contribution in [2.24, 2.45) is 5.92 Å². The van der Waals surface area contributed by atoms with E-state index in [4.69, 9.17) is 0 Å². The van der Waals surface area contributed by atoms with E-state index < -0.39 is 5.97 Å². The van der Waals surface area contributed by atoms with Gasteiger partial charge in [-0.3, -0.25) is 4.79 Å². The van der Waals surface area contributed by atoms with Crippen molar-refractivity contribution < 1.29 is 14.3 Å². The minimum Gasteiger partial charge on any atom is -0.464 e. The molecule has 2 aromatic rings. The quantitative estimate of drug-likeness (QED) is 0.861. The number of carbonyl (C=O) groups excluding carboxylic acids is 2. The third kappa shape index (κ3) is 4.16. The molecule has 0 fully saturated rings. The highest BCUT2D eigenvalue weighted by molar-refractivity contribution is 5.96. The molecular weight excluding hydrogens is 292 g/mol. The lowest BCUT2D eigenvalue weighted by Crippen LogP contribution is -2.25. The fourth-order valence-electron chi connectivity index (χ4n) is 2.41. The lowest BCUT2D eigenvalue weighted by atomic mass is 9.87. The van der Waals surface area contributed by atoms with Gasteiger partial charge in [-0.25, -0.2) is 9.78 Å². The van der Waals surface area contributed by atoms with Gasteiger partial charge in [-0.15, -0.1) is 0 Å². The number of nitrogens with one attached hydrogen (secondary N) is 1. The van der Waals surface area contributed by atoms with Gasteiger partial charge in [-0.05, 0) is 23.6 Å². The van der Waals surface area contributed by atoms with Crippen LogP contribution in [-0.2, 0) is 9.53 Å².